The summed E-state index contributed by atoms with van der Waals surface area (Å²) in [5, 5.41) is 11.6. The Kier molecular flexibility index (Phi) is 4.21. The van der Waals surface area contributed by atoms with Crippen molar-refractivity contribution in [2.24, 2.45) is 11.8 Å². The van der Waals surface area contributed by atoms with Gasteiger partial charge in [-0.15, -0.1) is 0 Å². The molecule has 1 saturated carbocycles. The third kappa shape index (κ3) is 3.13. The minimum atomic E-state index is -0.866. The first-order chi connectivity index (χ1) is 8.99. The van der Waals surface area contributed by atoms with Gasteiger partial charge in [-0.3, -0.25) is 9.59 Å². The summed E-state index contributed by atoms with van der Waals surface area (Å²) in [5.74, 6) is -1.99. The van der Waals surface area contributed by atoms with E-state index in [0.717, 1.165) is 0 Å². The Bertz CT molecular complexity index is 504. The van der Waals surface area contributed by atoms with E-state index in [0.29, 0.717) is 19.3 Å². The number of anilines is 1. The van der Waals surface area contributed by atoms with Crippen LogP contribution in [0.4, 0.5) is 5.69 Å². The lowest BCUT2D eigenvalue weighted by molar-refractivity contribution is -0.141. The Morgan fingerprint density at radius 1 is 1.21 bits per heavy atom. The van der Waals surface area contributed by atoms with Crippen molar-refractivity contribution in [2.75, 3.05) is 5.32 Å². The van der Waals surface area contributed by atoms with Crippen LogP contribution in [0.2, 0.25) is 10.3 Å². The van der Waals surface area contributed by atoms with Crippen molar-refractivity contribution in [3.05, 3.63) is 16.6 Å². The first-order valence-corrected chi connectivity index (χ1v) is 6.44. The molecule has 0 unspecified atom stereocenters. The van der Waals surface area contributed by atoms with Gasteiger partial charge in [0.1, 0.15) is 12.0 Å². The quantitative estimate of drug-likeness (QED) is 0.835. The van der Waals surface area contributed by atoms with E-state index in [1.807, 2.05) is 0 Å². The zero-order valence-corrected chi connectivity index (χ0v) is 11.3. The van der Waals surface area contributed by atoms with Crippen molar-refractivity contribution in [3.63, 3.8) is 0 Å². The summed E-state index contributed by atoms with van der Waals surface area (Å²) in [7, 11) is 0. The topological polar surface area (TPSA) is 92.2 Å². The second kappa shape index (κ2) is 5.71. The molecule has 8 heteroatoms. The fourth-order valence-electron chi connectivity index (χ4n) is 2.12. The summed E-state index contributed by atoms with van der Waals surface area (Å²) in [6.45, 7) is 0. The van der Waals surface area contributed by atoms with Gasteiger partial charge in [-0.05, 0) is 19.3 Å². The molecule has 1 amide bonds. The van der Waals surface area contributed by atoms with Crippen LogP contribution >= 0.6 is 23.2 Å². The Hall–Kier alpha value is -1.40. The van der Waals surface area contributed by atoms with Gasteiger partial charge in [-0.25, -0.2) is 9.97 Å². The van der Waals surface area contributed by atoms with Gasteiger partial charge in [0.15, 0.2) is 10.3 Å². The fraction of sp³-hybridized carbons (Fsp3) is 0.455. The zero-order chi connectivity index (χ0) is 14.0. The van der Waals surface area contributed by atoms with E-state index in [2.05, 4.69) is 15.3 Å². The van der Waals surface area contributed by atoms with Gasteiger partial charge in [0.2, 0.25) is 5.91 Å². The molecule has 2 atom stereocenters. The lowest BCUT2D eigenvalue weighted by Crippen LogP contribution is -2.22. The van der Waals surface area contributed by atoms with Gasteiger partial charge in [0, 0.05) is 5.92 Å². The molecule has 1 aliphatic rings. The van der Waals surface area contributed by atoms with Gasteiger partial charge in [0.05, 0.1) is 5.92 Å². The summed E-state index contributed by atoms with van der Waals surface area (Å²) < 4.78 is 0. The van der Waals surface area contributed by atoms with E-state index in [4.69, 9.17) is 28.3 Å². The lowest BCUT2D eigenvalue weighted by atomic mass is 10.0. The summed E-state index contributed by atoms with van der Waals surface area (Å²) in [6.07, 6.45) is 2.55. The first kappa shape index (κ1) is 14.0. The van der Waals surface area contributed by atoms with E-state index in [1.54, 1.807) is 0 Å². The summed E-state index contributed by atoms with van der Waals surface area (Å²) in [4.78, 5) is 30.3. The van der Waals surface area contributed by atoms with E-state index in [1.165, 1.54) is 6.33 Å². The molecular formula is C11H11Cl2N3O3. The highest BCUT2D eigenvalue weighted by molar-refractivity contribution is 6.38. The molecule has 19 heavy (non-hydrogen) atoms. The predicted molar refractivity (Wildman–Crippen MR) is 69.1 cm³/mol. The third-order valence-electron chi connectivity index (χ3n) is 3.16. The zero-order valence-electron chi connectivity index (χ0n) is 9.77. The number of carbonyl (C=O) groups is 2. The van der Waals surface area contributed by atoms with Crippen LogP contribution in [0.1, 0.15) is 19.3 Å². The molecule has 102 valence electrons. The fourth-order valence-corrected chi connectivity index (χ4v) is 2.53. The van der Waals surface area contributed by atoms with E-state index in [-0.39, 0.29) is 27.8 Å². The molecule has 1 fully saturated rings. The Morgan fingerprint density at radius 3 is 2.32 bits per heavy atom. The standard InChI is InChI=1S/C11H11Cl2N3O3/c12-8-7(9(13)15-4-14-8)16-10(17)5-1-2-6(3-5)11(18)19/h4-6H,1-3H2,(H,16,17)(H,18,19)/t5-,6+/m1/s1. The van der Waals surface area contributed by atoms with Crippen LogP contribution in [0, 0.1) is 11.8 Å². The van der Waals surface area contributed by atoms with Crippen LogP contribution in [-0.2, 0) is 9.59 Å². The average Bonchev–Trinajstić information content (AvgIpc) is 2.83. The molecule has 2 N–H and O–H groups in total. The highest BCUT2D eigenvalue weighted by Gasteiger charge is 2.34. The van der Waals surface area contributed by atoms with Crippen LogP contribution < -0.4 is 5.32 Å². The van der Waals surface area contributed by atoms with Crippen LogP contribution in [0.15, 0.2) is 6.33 Å². The molecule has 0 aromatic carbocycles. The number of amides is 1. The van der Waals surface area contributed by atoms with Crippen molar-refractivity contribution < 1.29 is 14.7 Å². The van der Waals surface area contributed by atoms with Crippen LogP contribution in [0.25, 0.3) is 0 Å². The highest BCUT2D eigenvalue weighted by Crippen LogP contribution is 2.33. The molecule has 0 radical (unpaired) electrons. The Morgan fingerprint density at radius 2 is 1.79 bits per heavy atom. The number of carbonyl (C=O) groups excluding carboxylic acids is 1. The van der Waals surface area contributed by atoms with Crippen LogP contribution in [0.3, 0.4) is 0 Å². The van der Waals surface area contributed by atoms with Crippen molar-refractivity contribution in [1.82, 2.24) is 9.97 Å². The summed E-state index contributed by atoms with van der Waals surface area (Å²) in [6, 6.07) is 0. The van der Waals surface area contributed by atoms with Gasteiger partial charge in [0.25, 0.3) is 0 Å². The molecule has 1 aromatic heterocycles. The molecular weight excluding hydrogens is 293 g/mol. The second-order valence-electron chi connectivity index (χ2n) is 4.36. The number of hydrogen-bond donors (Lipinski definition) is 2. The molecule has 1 aromatic rings. The molecule has 2 rings (SSSR count). The number of carboxylic acid groups (broad SMARTS) is 1. The molecule has 0 saturated heterocycles. The number of aromatic nitrogens is 2. The van der Waals surface area contributed by atoms with Crippen molar-refractivity contribution >= 4 is 40.8 Å². The van der Waals surface area contributed by atoms with Crippen molar-refractivity contribution in [3.8, 4) is 0 Å². The first-order valence-electron chi connectivity index (χ1n) is 5.68. The predicted octanol–water partition coefficient (Wildman–Crippen LogP) is 2.22. The minimum Gasteiger partial charge on any atom is -0.481 e. The maximum atomic E-state index is 12.0. The highest BCUT2D eigenvalue weighted by atomic mass is 35.5. The van der Waals surface area contributed by atoms with Crippen molar-refractivity contribution in [2.45, 2.75) is 19.3 Å². The van der Waals surface area contributed by atoms with Gasteiger partial charge in [-0.1, -0.05) is 23.2 Å². The van der Waals surface area contributed by atoms with Crippen molar-refractivity contribution in [1.29, 1.82) is 0 Å². The number of carboxylic acids is 1. The number of nitrogens with one attached hydrogen (secondary N) is 1. The van der Waals surface area contributed by atoms with Gasteiger partial charge < -0.3 is 10.4 Å². The maximum Gasteiger partial charge on any atom is 0.306 e. The monoisotopic (exact) mass is 303 g/mol. The smallest absolute Gasteiger partial charge is 0.306 e. The van der Waals surface area contributed by atoms with E-state index >= 15 is 0 Å². The number of nitrogens with zero attached hydrogens (tertiary/aromatic N) is 2. The van der Waals surface area contributed by atoms with Gasteiger partial charge >= 0.3 is 5.97 Å². The molecule has 1 aliphatic carbocycles. The normalized spacial score (nSPS) is 22.2. The maximum absolute atomic E-state index is 12.0. The molecule has 0 bridgehead atoms. The van der Waals surface area contributed by atoms with Crippen LogP contribution in [-0.4, -0.2) is 27.0 Å². The number of aliphatic carboxylic acids is 1. The van der Waals surface area contributed by atoms with E-state index < -0.39 is 11.9 Å². The largest absolute Gasteiger partial charge is 0.481 e. The van der Waals surface area contributed by atoms with Gasteiger partial charge in [-0.2, -0.15) is 0 Å². The van der Waals surface area contributed by atoms with E-state index in [9.17, 15) is 9.59 Å². The molecule has 6 nitrogen and oxygen atoms in total. The number of hydrogen-bond acceptors (Lipinski definition) is 4. The summed E-state index contributed by atoms with van der Waals surface area (Å²) >= 11 is 11.6. The molecule has 0 spiro atoms. The van der Waals surface area contributed by atoms with Crippen LogP contribution in [0.5, 0.6) is 0 Å². The average molecular weight is 304 g/mol. The number of halogens is 2. The molecule has 0 aliphatic heterocycles. The SMILES string of the molecule is O=C(O)[C@H]1CC[C@@H](C(=O)Nc2c(Cl)ncnc2Cl)C1. The summed E-state index contributed by atoms with van der Waals surface area (Å²) in [5.41, 5.74) is 0.162. The Balaban J connectivity index is 2.04. The molecule has 1 heterocycles. The number of rotatable bonds is 3. The minimum absolute atomic E-state index is 0.0566. The second-order valence-corrected chi connectivity index (χ2v) is 5.08. The third-order valence-corrected chi connectivity index (χ3v) is 3.73. The lowest BCUT2D eigenvalue weighted by Gasteiger charge is -2.12. The Labute approximate surface area is 119 Å².